The Bertz CT molecular complexity index is 670. The Morgan fingerprint density at radius 2 is 2.21 bits per heavy atom. The number of ether oxygens (including phenoxy) is 1. The Hall–Kier alpha value is -1.50. The molecule has 0 fully saturated rings. The number of halogens is 4. The van der Waals surface area contributed by atoms with Gasteiger partial charge >= 0.3 is 17.7 Å². The van der Waals surface area contributed by atoms with Crippen LogP contribution in [0.5, 0.6) is 5.75 Å². The lowest BCUT2D eigenvalue weighted by Gasteiger charge is -2.33. The van der Waals surface area contributed by atoms with Crippen molar-refractivity contribution < 1.29 is 31.9 Å². The van der Waals surface area contributed by atoms with Crippen molar-refractivity contribution in [2.24, 2.45) is 0 Å². The van der Waals surface area contributed by atoms with Gasteiger partial charge in [-0.15, -0.1) is 0 Å². The second kappa shape index (κ2) is 4.26. The largest absolute Gasteiger partial charge is 0.478 e. The molecule has 3 nitrogen and oxygen atoms in total. The molecule has 2 rings (SSSR count). The Morgan fingerprint density at radius 1 is 1.53 bits per heavy atom. The first-order chi connectivity index (χ1) is 9.88. The molecular formula is C12H8BrF3O3. The van der Waals surface area contributed by atoms with E-state index in [-0.39, 0.29) is 5.56 Å². The van der Waals surface area contributed by atoms with Gasteiger partial charge in [0, 0.05) is 14.1 Å². The molecule has 1 atom stereocenters. The molecule has 7 heteroatoms. The van der Waals surface area contributed by atoms with Gasteiger partial charge in [0.15, 0.2) is 0 Å². The van der Waals surface area contributed by atoms with Crippen molar-refractivity contribution in [2.45, 2.75) is 18.6 Å². The number of carboxylic acids is 1. The van der Waals surface area contributed by atoms with Gasteiger partial charge in [-0.3, -0.25) is 0 Å². The van der Waals surface area contributed by atoms with Crippen LogP contribution in [0.4, 0.5) is 13.2 Å². The fourth-order valence-corrected chi connectivity index (χ4v) is 2.12. The molecule has 0 bridgehead atoms. The summed E-state index contributed by atoms with van der Waals surface area (Å²) in [5.74, 6) is -2.90. The molecule has 1 aromatic carbocycles. The molecule has 0 radical (unpaired) electrons. The standard InChI is InChI=1S/C12H8BrF3O3/c1-6-4-8(13)5-7-2-3-11(10(17)18,12(14,15)16)19-9(6)7/h2-5H,1H3,(H,17,18)/i1D3. The number of hydrogen-bond donors (Lipinski definition) is 1. The Balaban J connectivity index is 2.71. The van der Waals surface area contributed by atoms with Gasteiger partial charge < -0.3 is 9.84 Å². The summed E-state index contributed by atoms with van der Waals surface area (Å²) >= 11 is 3.05. The lowest BCUT2D eigenvalue weighted by atomic mass is 9.96. The van der Waals surface area contributed by atoms with Crippen LogP contribution in [-0.4, -0.2) is 22.9 Å². The van der Waals surface area contributed by atoms with E-state index in [4.69, 9.17) is 9.22 Å². The SMILES string of the molecule is [2H]C([2H])([2H])c1cc(Br)cc2c1OC(C(=O)O)(C(F)(F)F)C=C2. The van der Waals surface area contributed by atoms with E-state index < -0.39 is 35.9 Å². The molecule has 0 saturated heterocycles. The lowest BCUT2D eigenvalue weighted by Crippen LogP contribution is -2.56. The van der Waals surface area contributed by atoms with Crippen LogP contribution in [0.1, 0.15) is 15.2 Å². The van der Waals surface area contributed by atoms with Crippen molar-refractivity contribution in [1.82, 2.24) is 0 Å². The van der Waals surface area contributed by atoms with E-state index in [2.05, 4.69) is 20.7 Å². The minimum Gasteiger partial charge on any atom is -0.478 e. The number of carbonyl (C=O) groups is 1. The second-order valence-corrected chi connectivity index (χ2v) is 4.76. The normalized spacial score (nSPS) is 24.7. The maximum Gasteiger partial charge on any atom is 0.443 e. The fourth-order valence-electron chi connectivity index (χ4n) is 1.64. The summed E-state index contributed by atoms with van der Waals surface area (Å²) in [6.45, 7) is -2.77. The number of rotatable bonds is 1. The molecule has 0 spiro atoms. The first-order valence-corrected chi connectivity index (χ1v) is 5.70. The second-order valence-electron chi connectivity index (χ2n) is 3.85. The van der Waals surface area contributed by atoms with Crippen molar-refractivity contribution in [3.8, 4) is 5.75 Å². The minimum atomic E-state index is -5.26. The summed E-state index contributed by atoms with van der Waals surface area (Å²) in [7, 11) is 0. The van der Waals surface area contributed by atoms with Crippen LogP contribution in [0.2, 0.25) is 0 Å². The summed E-state index contributed by atoms with van der Waals surface area (Å²) in [4.78, 5) is 11.1. The maximum absolute atomic E-state index is 13.1. The molecule has 1 aliphatic rings. The summed E-state index contributed by atoms with van der Waals surface area (Å²) in [5, 5.41) is 8.95. The smallest absolute Gasteiger partial charge is 0.443 e. The lowest BCUT2D eigenvalue weighted by molar-refractivity contribution is -0.235. The molecule has 0 amide bonds. The predicted octanol–water partition coefficient (Wildman–Crippen LogP) is 3.55. The molecule has 1 unspecified atom stereocenters. The van der Waals surface area contributed by atoms with E-state index in [1.165, 1.54) is 6.07 Å². The molecule has 0 aliphatic carbocycles. The number of alkyl halides is 3. The van der Waals surface area contributed by atoms with Crippen LogP contribution in [0.15, 0.2) is 22.7 Å². The van der Waals surface area contributed by atoms with Crippen LogP contribution < -0.4 is 4.74 Å². The molecule has 0 saturated carbocycles. The van der Waals surface area contributed by atoms with Gasteiger partial charge in [0.2, 0.25) is 0 Å². The van der Waals surface area contributed by atoms with Gasteiger partial charge in [-0.1, -0.05) is 22.0 Å². The topological polar surface area (TPSA) is 46.5 Å². The van der Waals surface area contributed by atoms with Gasteiger partial charge in [0.05, 0.1) is 0 Å². The summed E-state index contributed by atoms with van der Waals surface area (Å²) in [6.07, 6.45) is -4.01. The van der Waals surface area contributed by atoms with Crippen LogP contribution in [0.3, 0.4) is 0 Å². The fraction of sp³-hybridized carbons (Fsp3) is 0.250. The number of benzene rings is 1. The van der Waals surface area contributed by atoms with Crippen LogP contribution in [-0.2, 0) is 4.79 Å². The number of hydrogen-bond acceptors (Lipinski definition) is 2. The third-order valence-corrected chi connectivity index (χ3v) is 3.04. The van der Waals surface area contributed by atoms with Gasteiger partial charge in [0.1, 0.15) is 5.75 Å². The highest BCUT2D eigenvalue weighted by Gasteiger charge is 2.63. The van der Waals surface area contributed by atoms with Crippen molar-refractivity contribution >= 4 is 28.0 Å². The van der Waals surface area contributed by atoms with Crippen LogP contribution in [0.25, 0.3) is 6.08 Å². The maximum atomic E-state index is 13.1. The van der Waals surface area contributed by atoms with Crippen LogP contribution >= 0.6 is 15.9 Å². The van der Waals surface area contributed by atoms with E-state index in [1.54, 1.807) is 0 Å². The highest BCUT2D eigenvalue weighted by molar-refractivity contribution is 9.10. The van der Waals surface area contributed by atoms with E-state index in [0.717, 1.165) is 12.1 Å². The highest BCUT2D eigenvalue weighted by Crippen LogP contribution is 2.43. The van der Waals surface area contributed by atoms with Crippen molar-refractivity contribution in [1.29, 1.82) is 0 Å². The molecular weight excluding hydrogens is 329 g/mol. The van der Waals surface area contributed by atoms with Gasteiger partial charge in [-0.2, -0.15) is 13.2 Å². The van der Waals surface area contributed by atoms with Gasteiger partial charge in [0.25, 0.3) is 0 Å². The van der Waals surface area contributed by atoms with Crippen molar-refractivity contribution in [2.75, 3.05) is 0 Å². The van der Waals surface area contributed by atoms with Gasteiger partial charge in [-0.05, 0) is 30.6 Å². The van der Waals surface area contributed by atoms with E-state index in [9.17, 15) is 18.0 Å². The van der Waals surface area contributed by atoms with Crippen LogP contribution in [0, 0.1) is 6.85 Å². The summed E-state index contributed by atoms with van der Waals surface area (Å²) in [5.41, 5.74) is -4.08. The highest BCUT2D eigenvalue weighted by atomic mass is 79.9. The molecule has 1 aromatic rings. The van der Waals surface area contributed by atoms with Gasteiger partial charge in [-0.25, -0.2) is 4.79 Å². The monoisotopic (exact) mass is 339 g/mol. The Morgan fingerprint density at radius 3 is 2.74 bits per heavy atom. The van der Waals surface area contributed by atoms with Crippen molar-refractivity contribution in [3.05, 3.63) is 33.8 Å². The molecule has 102 valence electrons. The zero-order valence-electron chi connectivity index (χ0n) is 12.1. The average molecular weight is 340 g/mol. The average Bonchev–Trinajstić information content (AvgIpc) is 2.34. The third kappa shape index (κ3) is 2.11. The quantitative estimate of drug-likeness (QED) is 0.851. The zero-order chi connectivity index (χ0) is 16.9. The third-order valence-electron chi connectivity index (χ3n) is 2.58. The Labute approximate surface area is 119 Å². The summed E-state index contributed by atoms with van der Waals surface area (Å²) in [6, 6.07) is 2.41. The molecule has 0 aromatic heterocycles. The van der Waals surface area contributed by atoms with E-state index in [1.807, 2.05) is 0 Å². The number of aryl methyl sites for hydroxylation is 1. The summed E-state index contributed by atoms with van der Waals surface area (Å²) < 4.78 is 66.6. The van der Waals surface area contributed by atoms with E-state index in [0.29, 0.717) is 10.5 Å². The predicted molar refractivity (Wildman–Crippen MR) is 65.0 cm³/mol. The van der Waals surface area contributed by atoms with E-state index >= 15 is 0 Å². The number of carboxylic acid groups (broad SMARTS) is 1. The first kappa shape index (κ1) is 10.3. The number of aliphatic carboxylic acids is 1. The van der Waals surface area contributed by atoms with Crippen molar-refractivity contribution in [3.63, 3.8) is 0 Å². The molecule has 19 heavy (non-hydrogen) atoms. The molecule has 1 heterocycles. The number of fused-ring (bicyclic) bond motifs is 1. The molecule has 1 aliphatic heterocycles. The Kier molecular flexibility index (Phi) is 2.31. The zero-order valence-corrected chi connectivity index (χ0v) is 10.7. The first-order valence-electron chi connectivity index (χ1n) is 6.41. The minimum absolute atomic E-state index is 0.0432. The molecule has 1 N–H and O–H groups in total.